The van der Waals surface area contributed by atoms with Gasteiger partial charge in [0.1, 0.15) is 5.82 Å². The minimum Gasteiger partial charge on any atom is -0.337 e. The van der Waals surface area contributed by atoms with Gasteiger partial charge in [0, 0.05) is 22.9 Å². The van der Waals surface area contributed by atoms with Crippen molar-refractivity contribution in [2.45, 2.75) is 19.9 Å². The molecule has 0 saturated carbocycles. The zero-order valence-corrected chi connectivity index (χ0v) is 12.7. The molecule has 0 saturated heterocycles. The predicted molar refractivity (Wildman–Crippen MR) is 75.5 cm³/mol. The first kappa shape index (κ1) is 12.6. The van der Waals surface area contributed by atoms with Crippen LogP contribution in [0.15, 0.2) is 33.6 Å². The SMILES string of the molecule is CC(C)n1cc(Nc2ncc(Br)cc2Br)cn1. The molecule has 4 nitrogen and oxygen atoms in total. The fraction of sp³-hybridized carbons (Fsp3) is 0.273. The zero-order chi connectivity index (χ0) is 12.4. The van der Waals surface area contributed by atoms with Crippen molar-refractivity contribution in [2.24, 2.45) is 0 Å². The molecule has 0 aliphatic carbocycles. The maximum absolute atomic E-state index is 4.29. The molecule has 1 N–H and O–H groups in total. The van der Waals surface area contributed by atoms with Gasteiger partial charge in [-0.3, -0.25) is 4.68 Å². The maximum atomic E-state index is 4.29. The summed E-state index contributed by atoms with van der Waals surface area (Å²) in [5.74, 6) is 0.775. The molecule has 0 spiro atoms. The van der Waals surface area contributed by atoms with E-state index < -0.39 is 0 Å². The third-order valence-corrected chi connectivity index (χ3v) is 3.24. The fourth-order valence-corrected chi connectivity index (χ4v) is 2.41. The first-order valence-corrected chi connectivity index (χ1v) is 6.77. The molecule has 6 heteroatoms. The molecule has 0 radical (unpaired) electrons. The Labute approximate surface area is 117 Å². The molecule has 17 heavy (non-hydrogen) atoms. The number of pyridine rings is 1. The highest BCUT2D eigenvalue weighted by Crippen LogP contribution is 2.26. The van der Waals surface area contributed by atoms with Crippen LogP contribution in [0.25, 0.3) is 0 Å². The normalized spacial score (nSPS) is 10.9. The molecule has 90 valence electrons. The number of aromatic nitrogens is 3. The summed E-state index contributed by atoms with van der Waals surface area (Å²) in [7, 11) is 0. The van der Waals surface area contributed by atoms with Crippen LogP contribution in [0.1, 0.15) is 19.9 Å². The van der Waals surface area contributed by atoms with Gasteiger partial charge in [-0.05, 0) is 51.8 Å². The van der Waals surface area contributed by atoms with Gasteiger partial charge in [-0.25, -0.2) is 4.98 Å². The summed E-state index contributed by atoms with van der Waals surface area (Å²) in [5.41, 5.74) is 0.925. The minimum atomic E-state index is 0.354. The molecule has 0 bridgehead atoms. The molecule has 0 aliphatic rings. The Morgan fingerprint density at radius 1 is 1.29 bits per heavy atom. The third kappa shape index (κ3) is 3.07. The number of hydrogen-bond donors (Lipinski definition) is 1. The van der Waals surface area contributed by atoms with E-state index in [9.17, 15) is 0 Å². The molecule has 0 aliphatic heterocycles. The molecule has 2 heterocycles. The Balaban J connectivity index is 2.19. The molecular weight excluding hydrogens is 348 g/mol. The van der Waals surface area contributed by atoms with Crippen LogP contribution in [-0.4, -0.2) is 14.8 Å². The van der Waals surface area contributed by atoms with Crippen LogP contribution in [0.3, 0.4) is 0 Å². The Bertz CT molecular complexity index is 522. The van der Waals surface area contributed by atoms with Gasteiger partial charge in [-0.15, -0.1) is 0 Å². The molecule has 0 aromatic carbocycles. The van der Waals surface area contributed by atoms with Crippen molar-refractivity contribution >= 4 is 43.4 Å². The smallest absolute Gasteiger partial charge is 0.144 e. The second-order valence-electron chi connectivity index (χ2n) is 3.91. The number of rotatable bonds is 3. The lowest BCUT2D eigenvalue weighted by Crippen LogP contribution is -2.00. The number of halogens is 2. The van der Waals surface area contributed by atoms with E-state index >= 15 is 0 Å². The number of nitrogens with one attached hydrogen (secondary N) is 1. The van der Waals surface area contributed by atoms with E-state index in [2.05, 4.69) is 61.1 Å². The standard InChI is InChI=1S/C11H12Br2N4/c1-7(2)17-6-9(5-15-17)16-11-10(13)3-8(12)4-14-11/h3-7H,1-2H3,(H,14,16). The molecule has 0 unspecified atom stereocenters. The topological polar surface area (TPSA) is 42.7 Å². The van der Waals surface area contributed by atoms with E-state index in [1.807, 2.05) is 16.9 Å². The van der Waals surface area contributed by atoms with E-state index in [0.29, 0.717) is 6.04 Å². The average Bonchev–Trinajstić information content (AvgIpc) is 2.71. The molecule has 2 aromatic rings. The molecule has 2 aromatic heterocycles. The highest BCUT2D eigenvalue weighted by atomic mass is 79.9. The van der Waals surface area contributed by atoms with Crippen LogP contribution in [0, 0.1) is 0 Å². The van der Waals surface area contributed by atoms with Crippen LogP contribution in [0.2, 0.25) is 0 Å². The Kier molecular flexibility index (Phi) is 3.83. The minimum absolute atomic E-state index is 0.354. The predicted octanol–water partition coefficient (Wildman–Crippen LogP) is 4.13. The van der Waals surface area contributed by atoms with Crippen molar-refractivity contribution in [3.8, 4) is 0 Å². The van der Waals surface area contributed by atoms with Crippen LogP contribution in [0.4, 0.5) is 11.5 Å². The second-order valence-corrected chi connectivity index (χ2v) is 5.68. The summed E-state index contributed by atoms with van der Waals surface area (Å²) < 4.78 is 3.74. The van der Waals surface area contributed by atoms with E-state index in [4.69, 9.17) is 0 Å². The third-order valence-electron chi connectivity index (χ3n) is 2.20. The van der Waals surface area contributed by atoms with Crippen LogP contribution in [0.5, 0.6) is 0 Å². The summed E-state index contributed by atoms with van der Waals surface area (Å²) in [5, 5.41) is 7.47. The highest BCUT2D eigenvalue weighted by molar-refractivity contribution is 9.11. The van der Waals surface area contributed by atoms with Gasteiger partial charge in [-0.1, -0.05) is 0 Å². The summed E-state index contributed by atoms with van der Waals surface area (Å²) in [6, 6.07) is 2.30. The Hall–Kier alpha value is -0.880. The first-order valence-electron chi connectivity index (χ1n) is 5.18. The van der Waals surface area contributed by atoms with E-state index in [-0.39, 0.29) is 0 Å². The van der Waals surface area contributed by atoms with Crippen LogP contribution < -0.4 is 5.32 Å². The highest BCUT2D eigenvalue weighted by Gasteiger charge is 2.05. The zero-order valence-electron chi connectivity index (χ0n) is 9.48. The summed E-state index contributed by atoms with van der Waals surface area (Å²) >= 11 is 6.83. The quantitative estimate of drug-likeness (QED) is 0.895. The van der Waals surface area contributed by atoms with Gasteiger partial charge in [0.15, 0.2) is 0 Å². The van der Waals surface area contributed by atoms with Crippen molar-refractivity contribution in [1.82, 2.24) is 14.8 Å². The monoisotopic (exact) mass is 358 g/mol. The molecule has 0 fully saturated rings. The first-order chi connectivity index (χ1) is 8.06. The Morgan fingerprint density at radius 3 is 2.65 bits per heavy atom. The van der Waals surface area contributed by atoms with E-state index in [0.717, 1.165) is 20.5 Å². The Morgan fingerprint density at radius 2 is 2.06 bits per heavy atom. The number of anilines is 2. The number of nitrogens with zero attached hydrogens (tertiary/aromatic N) is 3. The van der Waals surface area contributed by atoms with Gasteiger partial charge in [0.25, 0.3) is 0 Å². The van der Waals surface area contributed by atoms with Gasteiger partial charge in [-0.2, -0.15) is 5.10 Å². The molecule has 0 atom stereocenters. The summed E-state index contributed by atoms with van der Waals surface area (Å²) in [4.78, 5) is 4.29. The van der Waals surface area contributed by atoms with Gasteiger partial charge in [0.05, 0.1) is 16.4 Å². The molecule has 2 rings (SSSR count). The lowest BCUT2D eigenvalue weighted by molar-refractivity contribution is 0.532. The van der Waals surface area contributed by atoms with Gasteiger partial charge in [0.2, 0.25) is 0 Å². The number of hydrogen-bond acceptors (Lipinski definition) is 3. The molecular formula is C11H12Br2N4. The maximum Gasteiger partial charge on any atom is 0.144 e. The van der Waals surface area contributed by atoms with Crippen molar-refractivity contribution in [3.63, 3.8) is 0 Å². The van der Waals surface area contributed by atoms with Gasteiger partial charge >= 0.3 is 0 Å². The van der Waals surface area contributed by atoms with Crippen molar-refractivity contribution < 1.29 is 0 Å². The average molecular weight is 360 g/mol. The summed E-state index contributed by atoms with van der Waals surface area (Å²) in [6.07, 6.45) is 5.50. The van der Waals surface area contributed by atoms with E-state index in [1.54, 1.807) is 12.4 Å². The van der Waals surface area contributed by atoms with Crippen LogP contribution >= 0.6 is 31.9 Å². The van der Waals surface area contributed by atoms with Crippen molar-refractivity contribution in [3.05, 3.63) is 33.6 Å². The largest absolute Gasteiger partial charge is 0.337 e. The molecule has 0 amide bonds. The van der Waals surface area contributed by atoms with Crippen LogP contribution in [-0.2, 0) is 0 Å². The second kappa shape index (κ2) is 5.18. The van der Waals surface area contributed by atoms with Crippen molar-refractivity contribution in [1.29, 1.82) is 0 Å². The summed E-state index contributed by atoms with van der Waals surface area (Å²) in [6.45, 7) is 4.18. The van der Waals surface area contributed by atoms with Crippen molar-refractivity contribution in [2.75, 3.05) is 5.32 Å². The lowest BCUT2D eigenvalue weighted by atomic mass is 10.4. The van der Waals surface area contributed by atoms with Gasteiger partial charge < -0.3 is 5.32 Å². The lowest BCUT2D eigenvalue weighted by Gasteiger charge is -2.06. The van der Waals surface area contributed by atoms with E-state index in [1.165, 1.54) is 0 Å². The fourth-order valence-electron chi connectivity index (χ4n) is 1.33.